The van der Waals surface area contributed by atoms with E-state index in [9.17, 15) is 14.9 Å². The smallest absolute Gasteiger partial charge is 0.269 e. The fourth-order valence-electron chi connectivity index (χ4n) is 2.44. The van der Waals surface area contributed by atoms with Gasteiger partial charge in [-0.2, -0.15) is 4.99 Å². The summed E-state index contributed by atoms with van der Waals surface area (Å²) in [6, 6.07) is 6.19. The van der Waals surface area contributed by atoms with E-state index in [1.54, 1.807) is 17.0 Å². The Morgan fingerprint density at radius 1 is 1.35 bits per heavy atom. The number of aryl methyl sites for hydroxylation is 1. The molecule has 1 fully saturated rings. The van der Waals surface area contributed by atoms with Crippen molar-refractivity contribution in [2.24, 2.45) is 4.99 Å². The highest BCUT2D eigenvalue weighted by Gasteiger charge is 2.34. The van der Waals surface area contributed by atoms with Crippen LogP contribution in [0.4, 0.5) is 10.8 Å². The summed E-state index contributed by atoms with van der Waals surface area (Å²) in [7, 11) is 0. The molecule has 0 aliphatic carbocycles. The molecule has 1 saturated heterocycles. The van der Waals surface area contributed by atoms with Gasteiger partial charge in [0.1, 0.15) is 0 Å². The van der Waals surface area contributed by atoms with Crippen LogP contribution in [0.1, 0.15) is 25.1 Å². The van der Waals surface area contributed by atoms with E-state index in [1.165, 1.54) is 35.2 Å². The summed E-state index contributed by atoms with van der Waals surface area (Å²) in [5, 5.41) is 13.9. The molecular formula is C17H16N4O3S2. The predicted octanol–water partition coefficient (Wildman–Crippen LogP) is 4.37. The molecule has 0 bridgehead atoms. The van der Waals surface area contributed by atoms with Gasteiger partial charge in [0.05, 0.1) is 15.5 Å². The van der Waals surface area contributed by atoms with Crippen LogP contribution >= 0.6 is 23.1 Å². The first kappa shape index (κ1) is 18.3. The number of benzene rings is 1. The maximum Gasteiger partial charge on any atom is 0.269 e. The number of nitro benzene ring substituents is 1. The van der Waals surface area contributed by atoms with Crippen LogP contribution in [0.25, 0.3) is 5.57 Å². The van der Waals surface area contributed by atoms with Crippen LogP contribution in [0, 0.1) is 17.0 Å². The fourth-order valence-corrected chi connectivity index (χ4v) is 4.27. The molecule has 1 aliphatic heterocycles. The summed E-state index contributed by atoms with van der Waals surface area (Å²) in [6.45, 7) is 6.14. The van der Waals surface area contributed by atoms with Crippen molar-refractivity contribution in [2.75, 3.05) is 6.54 Å². The highest BCUT2D eigenvalue weighted by Crippen LogP contribution is 2.38. The Kier molecular flexibility index (Phi) is 5.19. The number of rotatable bonds is 4. The number of amides is 1. The first-order chi connectivity index (χ1) is 12.4. The van der Waals surface area contributed by atoms with Gasteiger partial charge in [-0.3, -0.25) is 19.8 Å². The van der Waals surface area contributed by atoms with Gasteiger partial charge >= 0.3 is 0 Å². The Balaban J connectivity index is 1.96. The summed E-state index contributed by atoms with van der Waals surface area (Å²) in [6.07, 6.45) is 0. The number of hydrogen-bond acceptors (Lipinski definition) is 7. The van der Waals surface area contributed by atoms with Crippen LogP contribution in [-0.4, -0.2) is 32.4 Å². The Morgan fingerprint density at radius 3 is 2.58 bits per heavy atom. The van der Waals surface area contributed by atoms with E-state index in [2.05, 4.69) is 9.98 Å². The lowest BCUT2D eigenvalue weighted by Gasteiger charge is -2.11. The first-order valence-corrected chi connectivity index (χ1v) is 9.56. The number of aromatic nitrogens is 1. The SMILES string of the molecule is CCN1C(=O)/C(=C(\C)c2ccc([N+](=O)[O-])cc2)S/C1=N/c1nc(C)cs1. The number of thiazole rings is 1. The van der Waals surface area contributed by atoms with E-state index in [-0.39, 0.29) is 11.6 Å². The molecule has 1 aliphatic rings. The fraction of sp³-hybridized carbons (Fsp3) is 0.235. The minimum Gasteiger partial charge on any atom is -0.287 e. The Labute approximate surface area is 158 Å². The second-order valence-corrected chi connectivity index (χ2v) is 7.39. The number of aliphatic imine (C=N–C) groups is 1. The number of hydrogen-bond donors (Lipinski definition) is 0. The molecule has 7 nitrogen and oxygen atoms in total. The standard InChI is InChI=1S/C17H16N4O3S2/c1-4-20-15(22)14(26-17(20)19-16-18-10(2)9-25-16)11(3)12-5-7-13(8-6-12)21(23)24/h5-9H,4H2,1-3H3/b14-11-,19-17+. The van der Waals surface area contributed by atoms with Gasteiger partial charge in [-0.05, 0) is 55.8 Å². The van der Waals surface area contributed by atoms with Crippen molar-refractivity contribution >= 4 is 50.6 Å². The third-order valence-corrected chi connectivity index (χ3v) is 5.86. The quantitative estimate of drug-likeness (QED) is 0.441. The number of allylic oxidation sites excluding steroid dienone is 1. The number of non-ortho nitro benzene ring substituents is 1. The number of nitrogens with zero attached hydrogens (tertiary/aromatic N) is 4. The number of amidine groups is 1. The van der Waals surface area contributed by atoms with Crippen LogP contribution in [-0.2, 0) is 4.79 Å². The third kappa shape index (κ3) is 3.54. The zero-order valence-electron chi connectivity index (χ0n) is 14.4. The van der Waals surface area contributed by atoms with Gasteiger partial charge in [-0.1, -0.05) is 0 Å². The molecule has 0 radical (unpaired) electrons. The molecule has 1 aromatic heterocycles. The van der Waals surface area contributed by atoms with Crippen LogP contribution in [0.5, 0.6) is 0 Å². The van der Waals surface area contributed by atoms with Crippen LogP contribution in [0.15, 0.2) is 39.5 Å². The van der Waals surface area contributed by atoms with Crippen LogP contribution in [0.3, 0.4) is 0 Å². The number of carbonyl (C=O) groups is 1. The second kappa shape index (κ2) is 7.38. The first-order valence-electron chi connectivity index (χ1n) is 7.87. The molecule has 1 amide bonds. The molecule has 3 rings (SSSR count). The van der Waals surface area contributed by atoms with Crippen LogP contribution < -0.4 is 0 Å². The molecule has 9 heteroatoms. The number of carbonyl (C=O) groups excluding carboxylic acids is 1. The van der Waals surface area contributed by atoms with Crippen LogP contribution in [0.2, 0.25) is 0 Å². The van der Waals surface area contributed by atoms with Gasteiger partial charge in [0, 0.05) is 24.1 Å². The van der Waals surface area contributed by atoms with E-state index < -0.39 is 4.92 Å². The monoisotopic (exact) mass is 388 g/mol. The highest BCUT2D eigenvalue weighted by molar-refractivity contribution is 8.18. The topological polar surface area (TPSA) is 88.7 Å². The molecule has 0 unspecified atom stereocenters. The maximum absolute atomic E-state index is 12.8. The molecule has 0 spiro atoms. The lowest BCUT2D eigenvalue weighted by atomic mass is 10.1. The maximum atomic E-state index is 12.8. The summed E-state index contributed by atoms with van der Waals surface area (Å²) in [4.78, 5) is 34.2. The van der Waals surface area contributed by atoms with E-state index in [0.29, 0.717) is 21.7 Å². The summed E-state index contributed by atoms with van der Waals surface area (Å²) in [5.74, 6) is -0.111. The van der Waals surface area contributed by atoms with Gasteiger partial charge < -0.3 is 0 Å². The van der Waals surface area contributed by atoms with Crippen molar-refractivity contribution < 1.29 is 9.72 Å². The zero-order chi connectivity index (χ0) is 18.8. The summed E-state index contributed by atoms with van der Waals surface area (Å²) in [5.41, 5.74) is 2.46. The number of nitro groups is 1. The Hall–Kier alpha value is -2.52. The zero-order valence-corrected chi connectivity index (χ0v) is 16.1. The predicted molar refractivity (Wildman–Crippen MR) is 105 cm³/mol. The Bertz CT molecular complexity index is 932. The molecule has 2 aromatic rings. The van der Waals surface area contributed by atoms with Crippen molar-refractivity contribution in [3.63, 3.8) is 0 Å². The minimum absolute atomic E-state index is 0.0218. The number of likely N-dealkylation sites (N-methyl/N-ethyl adjacent to an activating group) is 1. The van der Waals surface area contributed by atoms with E-state index in [1.807, 2.05) is 26.2 Å². The molecule has 2 heterocycles. The number of thioether (sulfide) groups is 1. The average molecular weight is 388 g/mol. The molecule has 0 saturated carbocycles. The van der Waals surface area contributed by atoms with E-state index in [4.69, 9.17) is 0 Å². The van der Waals surface area contributed by atoms with Gasteiger partial charge in [-0.25, -0.2) is 4.98 Å². The largest absolute Gasteiger partial charge is 0.287 e. The molecule has 0 atom stereocenters. The van der Waals surface area contributed by atoms with Gasteiger partial charge in [0.2, 0.25) is 5.13 Å². The molecule has 1 aromatic carbocycles. The van der Waals surface area contributed by atoms with Gasteiger partial charge in [-0.15, -0.1) is 11.3 Å². The highest BCUT2D eigenvalue weighted by atomic mass is 32.2. The van der Waals surface area contributed by atoms with E-state index in [0.717, 1.165) is 16.8 Å². The minimum atomic E-state index is -0.443. The van der Waals surface area contributed by atoms with Crippen molar-refractivity contribution in [3.05, 3.63) is 55.9 Å². The molecule has 26 heavy (non-hydrogen) atoms. The molecular weight excluding hydrogens is 372 g/mol. The van der Waals surface area contributed by atoms with Crippen molar-refractivity contribution in [1.82, 2.24) is 9.88 Å². The average Bonchev–Trinajstić information content (AvgIpc) is 3.17. The molecule has 134 valence electrons. The summed E-state index contributed by atoms with van der Waals surface area (Å²) < 4.78 is 0. The second-order valence-electron chi connectivity index (χ2n) is 5.58. The summed E-state index contributed by atoms with van der Waals surface area (Å²) >= 11 is 2.74. The van der Waals surface area contributed by atoms with Crippen molar-refractivity contribution in [2.45, 2.75) is 20.8 Å². The van der Waals surface area contributed by atoms with Gasteiger partial charge in [0.15, 0.2) is 5.17 Å². The lowest BCUT2D eigenvalue weighted by Crippen LogP contribution is -2.28. The van der Waals surface area contributed by atoms with Crippen molar-refractivity contribution in [3.8, 4) is 0 Å². The van der Waals surface area contributed by atoms with Crippen molar-refractivity contribution in [1.29, 1.82) is 0 Å². The van der Waals surface area contributed by atoms with E-state index >= 15 is 0 Å². The van der Waals surface area contributed by atoms with Gasteiger partial charge in [0.25, 0.3) is 11.6 Å². The molecule has 0 N–H and O–H groups in total. The third-order valence-electron chi connectivity index (χ3n) is 3.83. The lowest BCUT2D eigenvalue weighted by molar-refractivity contribution is -0.384. The normalized spacial score (nSPS) is 17.9. The Morgan fingerprint density at radius 2 is 2.04 bits per heavy atom.